The molecule has 0 aromatic heterocycles. The number of amides is 1. The minimum atomic E-state index is -4.68. The summed E-state index contributed by atoms with van der Waals surface area (Å²) in [5.74, 6) is -1.09. The van der Waals surface area contributed by atoms with Gasteiger partial charge in [-0.1, -0.05) is 0 Å². The molecular formula is C21H28F4N2O4. The van der Waals surface area contributed by atoms with Crippen molar-refractivity contribution in [2.45, 2.75) is 51.4 Å². The standard InChI is InChI=1S/C21H28F4N2O4/c1-20(2,3)31-19(29)27-9-7-13(8-10-27)17(12-22)26-16-11-14(18(28)30-4)5-6-15(16)21(23,24)25/h5-6,11,13,17,26H,7-10,12H2,1-4H3. The van der Waals surface area contributed by atoms with Gasteiger partial charge >= 0.3 is 18.2 Å². The molecule has 1 atom stereocenters. The second-order valence-corrected chi connectivity index (χ2v) is 8.46. The van der Waals surface area contributed by atoms with E-state index in [1.165, 1.54) is 4.90 Å². The van der Waals surface area contributed by atoms with Crippen LogP contribution >= 0.6 is 0 Å². The highest BCUT2D eigenvalue weighted by molar-refractivity contribution is 5.90. The zero-order valence-corrected chi connectivity index (χ0v) is 18.0. The molecule has 1 amide bonds. The van der Waals surface area contributed by atoms with Gasteiger partial charge in [0.05, 0.1) is 24.3 Å². The molecule has 1 heterocycles. The summed E-state index contributed by atoms with van der Waals surface area (Å²) in [4.78, 5) is 25.4. The first-order chi connectivity index (χ1) is 14.4. The normalized spacial score (nSPS) is 16.6. The number of carbonyl (C=O) groups is 2. The van der Waals surface area contributed by atoms with Gasteiger partial charge in [-0.05, 0) is 57.7 Å². The number of anilines is 1. The molecule has 1 aromatic rings. The van der Waals surface area contributed by atoms with E-state index in [4.69, 9.17) is 4.74 Å². The number of methoxy groups -OCH3 is 1. The van der Waals surface area contributed by atoms with Crippen LogP contribution in [-0.4, -0.2) is 55.5 Å². The van der Waals surface area contributed by atoms with Gasteiger partial charge in [-0.3, -0.25) is 0 Å². The number of carbonyl (C=O) groups excluding carboxylic acids is 2. The molecule has 2 rings (SSSR count). The fourth-order valence-electron chi connectivity index (χ4n) is 3.45. The number of nitrogens with zero attached hydrogens (tertiary/aromatic N) is 1. The van der Waals surface area contributed by atoms with Gasteiger partial charge in [0.2, 0.25) is 0 Å². The van der Waals surface area contributed by atoms with Crippen molar-refractivity contribution in [2.24, 2.45) is 5.92 Å². The maximum absolute atomic E-state index is 13.8. The van der Waals surface area contributed by atoms with E-state index in [-0.39, 0.29) is 17.2 Å². The van der Waals surface area contributed by atoms with Gasteiger partial charge < -0.3 is 19.7 Å². The van der Waals surface area contributed by atoms with Crippen molar-refractivity contribution in [3.8, 4) is 0 Å². The molecule has 0 radical (unpaired) electrons. The van der Waals surface area contributed by atoms with Gasteiger partial charge in [0, 0.05) is 18.8 Å². The first kappa shape index (κ1) is 24.7. The molecule has 1 fully saturated rings. The van der Waals surface area contributed by atoms with Gasteiger partial charge in [0.1, 0.15) is 12.3 Å². The second-order valence-electron chi connectivity index (χ2n) is 8.46. The number of hydrogen-bond acceptors (Lipinski definition) is 5. The number of likely N-dealkylation sites (tertiary alicyclic amines) is 1. The van der Waals surface area contributed by atoms with Crippen LogP contribution in [0.3, 0.4) is 0 Å². The van der Waals surface area contributed by atoms with Crippen molar-refractivity contribution >= 4 is 17.7 Å². The topological polar surface area (TPSA) is 67.9 Å². The van der Waals surface area contributed by atoms with Crippen LogP contribution in [0.15, 0.2) is 18.2 Å². The van der Waals surface area contributed by atoms with Crippen molar-refractivity contribution in [3.63, 3.8) is 0 Å². The Labute approximate surface area is 178 Å². The Morgan fingerprint density at radius 2 is 1.81 bits per heavy atom. The Morgan fingerprint density at radius 3 is 2.29 bits per heavy atom. The average Bonchev–Trinajstić information content (AvgIpc) is 2.69. The molecule has 1 unspecified atom stereocenters. The zero-order valence-electron chi connectivity index (χ0n) is 18.0. The number of esters is 1. The van der Waals surface area contributed by atoms with Crippen LogP contribution < -0.4 is 5.32 Å². The van der Waals surface area contributed by atoms with E-state index in [0.717, 1.165) is 25.3 Å². The maximum atomic E-state index is 13.8. The van der Waals surface area contributed by atoms with Crippen LogP contribution in [-0.2, 0) is 15.7 Å². The van der Waals surface area contributed by atoms with E-state index >= 15 is 0 Å². The summed E-state index contributed by atoms with van der Waals surface area (Å²) in [7, 11) is 1.12. The van der Waals surface area contributed by atoms with Crippen LogP contribution in [0.2, 0.25) is 0 Å². The highest BCUT2D eigenvalue weighted by Gasteiger charge is 2.36. The third-order valence-corrected chi connectivity index (χ3v) is 5.01. The number of halogens is 4. The molecule has 0 spiro atoms. The van der Waals surface area contributed by atoms with Crippen molar-refractivity contribution in [1.29, 1.82) is 0 Å². The van der Waals surface area contributed by atoms with E-state index in [2.05, 4.69) is 10.1 Å². The maximum Gasteiger partial charge on any atom is 0.418 e. The molecular weight excluding hydrogens is 420 g/mol. The van der Waals surface area contributed by atoms with Crippen LogP contribution in [0.25, 0.3) is 0 Å². The van der Waals surface area contributed by atoms with Crippen molar-refractivity contribution in [1.82, 2.24) is 4.90 Å². The average molecular weight is 448 g/mol. The van der Waals surface area contributed by atoms with Gasteiger partial charge in [-0.25, -0.2) is 14.0 Å². The summed E-state index contributed by atoms with van der Waals surface area (Å²) >= 11 is 0. The Morgan fingerprint density at radius 1 is 1.19 bits per heavy atom. The van der Waals surface area contributed by atoms with Crippen molar-refractivity contribution in [2.75, 3.05) is 32.2 Å². The van der Waals surface area contributed by atoms with Crippen LogP contribution in [0.1, 0.15) is 49.5 Å². The molecule has 1 N–H and O–H groups in total. The predicted molar refractivity (Wildman–Crippen MR) is 107 cm³/mol. The van der Waals surface area contributed by atoms with E-state index in [0.29, 0.717) is 25.9 Å². The first-order valence-electron chi connectivity index (χ1n) is 9.95. The van der Waals surface area contributed by atoms with Gasteiger partial charge in [-0.2, -0.15) is 13.2 Å². The fourth-order valence-corrected chi connectivity index (χ4v) is 3.45. The molecule has 0 aliphatic carbocycles. The molecule has 31 heavy (non-hydrogen) atoms. The number of ether oxygens (including phenoxy) is 2. The Balaban J connectivity index is 2.14. The summed E-state index contributed by atoms with van der Waals surface area (Å²) in [5.41, 5.74) is -2.09. The molecule has 0 saturated carbocycles. The molecule has 6 nitrogen and oxygen atoms in total. The highest BCUT2D eigenvalue weighted by atomic mass is 19.4. The van der Waals surface area contributed by atoms with E-state index in [9.17, 15) is 27.2 Å². The lowest BCUT2D eigenvalue weighted by molar-refractivity contribution is -0.137. The molecule has 174 valence electrons. The summed E-state index contributed by atoms with van der Waals surface area (Å²) in [6.45, 7) is 4.97. The first-order valence-corrected chi connectivity index (χ1v) is 9.95. The highest BCUT2D eigenvalue weighted by Crippen LogP contribution is 2.37. The van der Waals surface area contributed by atoms with Crippen LogP contribution in [0.4, 0.5) is 28.0 Å². The quantitative estimate of drug-likeness (QED) is 0.513. The number of alkyl halides is 4. The van der Waals surface area contributed by atoms with E-state index < -0.39 is 42.1 Å². The number of rotatable bonds is 5. The smallest absolute Gasteiger partial charge is 0.418 e. The van der Waals surface area contributed by atoms with Crippen LogP contribution in [0, 0.1) is 5.92 Å². The number of hydrogen-bond donors (Lipinski definition) is 1. The molecule has 1 aliphatic rings. The van der Waals surface area contributed by atoms with Crippen molar-refractivity contribution < 1.29 is 36.6 Å². The van der Waals surface area contributed by atoms with Gasteiger partial charge in [0.25, 0.3) is 0 Å². The second kappa shape index (κ2) is 9.74. The Hall–Kier alpha value is -2.52. The number of benzene rings is 1. The molecule has 0 bridgehead atoms. The fraction of sp³-hybridized carbons (Fsp3) is 0.619. The summed E-state index contributed by atoms with van der Waals surface area (Å²) in [6.07, 6.45) is -4.35. The minimum Gasteiger partial charge on any atom is -0.465 e. The minimum absolute atomic E-state index is 0.0737. The monoisotopic (exact) mass is 448 g/mol. The summed E-state index contributed by atoms with van der Waals surface area (Å²) in [5, 5.41) is 2.64. The molecule has 10 heteroatoms. The predicted octanol–water partition coefficient (Wildman–Crippen LogP) is 4.89. The third-order valence-electron chi connectivity index (χ3n) is 5.01. The third kappa shape index (κ3) is 6.73. The van der Waals surface area contributed by atoms with E-state index in [1.54, 1.807) is 20.8 Å². The zero-order chi connectivity index (χ0) is 23.4. The summed E-state index contributed by atoms with van der Waals surface area (Å²) in [6, 6.07) is 1.90. The lowest BCUT2D eigenvalue weighted by Crippen LogP contribution is -2.45. The largest absolute Gasteiger partial charge is 0.465 e. The number of nitrogens with one attached hydrogen (secondary N) is 1. The Bertz CT molecular complexity index is 785. The van der Waals surface area contributed by atoms with E-state index in [1.807, 2.05) is 0 Å². The molecule has 1 aromatic carbocycles. The van der Waals surface area contributed by atoms with Crippen molar-refractivity contribution in [3.05, 3.63) is 29.3 Å². The van der Waals surface area contributed by atoms with Gasteiger partial charge in [-0.15, -0.1) is 0 Å². The lowest BCUT2D eigenvalue weighted by Gasteiger charge is -2.36. The van der Waals surface area contributed by atoms with Crippen LogP contribution in [0.5, 0.6) is 0 Å². The lowest BCUT2D eigenvalue weighted by atomic mass is 9.89. The SMILES string of the molecule is COC(=O)c1ccc(C(F)(F)F)c(NC(CF)C2CCN(C(=O)OC(C)(C)C)CC2)c1. The number of piperidine rings is 1. The summed E-state index contributed by atoms with van der Waals surface area (Å²) < 4.78 is 64.0. The van der Waals surface area contributed by atoms with Gasteiger partial charge in [0.15, 0.2) is 0 Å². The molecule has 1 aliphatic heterocycles. The molecule has 1 saturated heterocycles. The Kier molecular flexibility index (Phi) is 7.77.